The van der Waals surface area contributed by atoms with Gasteiger partial charge in [-0.3, -0.25) is 4.79 Å². The Morgan fingerprint density at radius 1 is 1.22 bits per heavy atom. The molecule has 0 saturated heterocycles. The molecule has 0 aromatic carbocycles. The molecule has 0 aromatic rings. The maximum Gasteiger partial charge on any atom is 0.248 e. The largest absolute Gasteiger partial charge is 0.382 e. The Hall–Kier alpha value is -1.16. The summed E-state index contributed by atoms with van der Waals surface area (Å²) in [7, 11) is 3.29. The van der Waals surface area contributed by atoms with Crippen LogP contribution in [0.4, 0.5) is 0 Å². The number of carbonyl (C=O) groups is 1. The topological polar surface area (TPSA) is 71.8 Å². The summed E-state index contributed by atoms with van der Waals surface area (Å²) in [5.41, 5.74) is 0. The van der Waals surface area contributed by atoms with Gasteiger partial charge in [-0.05, 0) is 6.42 Å². The zero-order chi connectivity index (χ0) is 13.6. The molecule has 104 valence electrons. The van der Waals surface area contributed by atoms with Gasteiger partial charge in [-0.1, -0.05) is 0 Å². The fourth-order valence-corrected chi connectivity index (χ4v) is 1.12. The van der Waals surface area contributed by atoms with Crippen LogP contribution in [0.1, 0.15) is 12.8 Å². The molecular formula is C12H22N2O4. The molecule has 0 unspecified atom stereocenters. The second kappa shape index (κ2) is 12.3. The second-order valence-corrected chi connectivity index (χ2v) is 3.73. The van der Waals surface area contributed by atoms with Crippen molar-refractivity contribution in [2.45, 2.75) is 12.8 Å². The SMILES string of the molecule is COCCOCCCOCC(=O)N(C)CCC#N. The van der Waals surface area contributed by atoms with Crippen molar-refractivity contribution in [3.63, 3.8) is 0 Å². The number of likely N-dealkylation sites (N-methyl/N-ethyl adjacent to an activating group) is 1. The number of nitrogens with zero attached hydrogens (tertiary/aromatic N) is 2. The number of methoxy groups -OCH3 is 1. The number of carbonyl (C=O) groups excluding carboxylic acids is 1. The van der Waals surface area contributed by atoms with E-state index >= 15 is 0 Å². The summed E-state index contributed by atoms with van der Waals surface area (Å²) in [6.07, 6.45) is 1.09. The molecule has 0 radical (unpaired) electrons. The van der Waals surface area contributed by atoms with Crippen LogP contribution in [0.2, 0.25) is 0 Å². The quantitative estimate of drug-likeness (QED) is 0.502. The van der Waals surface area contributed by atoms with Crippen LogP contribution in [0, 0.1) is 11.3 Å². The van der Waals surface area contributed by atoms with E-state index in [1.807, 2.05) is 6.07 Å². The van der Waals surface area contributed by atoms with E-state index in [0.717, 1.165) is 6.42 Å². The van der Waals surface area contributed by atoms with Crippen LogP contribution in [0.25, 0.3) is 0 Å². The van der Waals surface area contributed by atoms with Crippen LogP contribution in [0.15, 0.2) is 0 Å². The molecule has 0 atom stereocenters. The second-order valence-electron chi connectivity index (χ2n) is 3.73. The Morgan fingerprint density at radius 3 is 2.61 bits per heavy atom. The first-order valence-corrected chi connectivity index (χ1v) is 5.97. The Labute approximate surface area is 108 Å². The van der Waals surface area contributed by atoms with E-state index in [1.54, 1.807) is 14.2 Å². The molecule has 1 amide bonds. The first-order chi connectivity index (χ1) is 8.72. The Kier molecular flexibility index (Phi) is 11.5. The van der Waals surface area contributed by atoms with Crippen LogP contribution in [-0.2, 0) is 19.0 Å². The molecule has 0 spiro atoms. The van der Waals surface area contributed by atoms with Gasteiger partial charge in [0.25, 0.3) is 0 Å². The van der Waals surface area contributed by atoms with Crippen LogP contribution in [0.5, 0.6) is 0 Å². The van der Waals surface area contributed by atoms with Gasteiger partial charge < -0.3 is 19.1 Å². The smallest absolute Gasteiger partial charge is 0.248 e. The molecule has 6 nitrogen and oxygen atoms in total. The minimum Gasteiger partial charge on any atom is -0.382 e. The van der Waals surface area contributed by atoms with Crippen molar-refractivity contribution in [2.75, 3.05) is 53.7 Å². The average Bonchev–Trinajstić information content (AvgIpc) is 2.38. The fourth-order valence-electron chi connectivity index (χ4n) is 1.12. The van der Waals surface area contributed by atoms with Gasteiger partial charge in [0.1, 0.15) is 6.61 Å². The Bertz CT molecular complexity index is 253. The highest BCUT2D eigenvalue weighted by Gasteiger charge is 2.07. The van der Waals surface area contributed by atoms with Gasteiger partial charge in [0.2, 0.25) is 5.91 Å². The van der Waals surface area contributed by atoms with Gasteiger partial charge in [0, 0.05) is 33.9 Å². The van der Waals surface area contributed by atoms with Crippen LogP contribution < -0.4 is 0 Å². The zero-order valence-corrected chi connectivity index (χ0v) is 11.2. The number of amides is 1. The molecule has 0 N–H and O–H groups in total. The van der Waals surface area contributed by atoms with Crippen molar-refractivity contribution in [3.8, 4) is 6.07 Å². The molecule has 0 rings (SSSR count). The molecule has 0 aliphatic heterocycles. The van der Waals surface area contributed by atoms with Crippen molar-refractivity contribution >= 4 is 5.91 Å². The molecule has 0 fully saturated rings. The van der Waals surface area contributed by atoms with Gasteiger partial charge in [-0.25, -0.2) is 0 Å². The molecule has 0 aliphatic rings. The third-order valence-electron chi connectivity index (χ3n) is 2.22. The van der Waals surface area contributed by atoms with E-state index < -0.39 is 0 Å². The highest BCUT2D eigenvalue weighted by molar-refractivity contribution is 5.77. The minimum atomic E-state index is -0.106. The molecule has 18 heavy (non-hydrogen) atoms. The normalized spacial score (nSPS) is 10.1. The molecule has 0 aliphatic carbocycles. The number of hydrogen-bond acceptors (Lipinski definition) is 5. The third-order valence-corrected chi connectivity index (χ3v) is 2.22. The van der Waals surface area contributed by atoms with E-state index in [4.69, 9.17) is 19.5 Å². The van der Waals surface area contributed by atoms with Gasteiger partial charge in [0.05, 0.1) is 25.7 Å². The predicted octanol–water partition coefficient (Wildman–Crippen LogP) is 0.428. The zero-order valence-electron chi connectivity index (χ0n) is 11.2. The molecular weight excluding hydrogens is 236 g/mol. The van der Waals surface area contributed by atoms with Crippen molar-refractivity contribution in [1.29, 1.82) is 5.26 Å². The average molecular weight is 258 g/mol. The lowest BCUT2D eigenvalue weighted by molar-refractivity contribution is -0.134. The maximum absolute atomic E-state index is 11.5. The van der Waals surface area contributed by atoms with Gasteiger partial charge in [0.15, 0.2) is 0 Å². The summed E-state index contributed by atoms with van der Waals surface area (Å²) in [6.45, 7) is 2.75. The molecule has 0 heterocycles. The number of ether oxygens (including phenoxy) is 3. The summed E-state index contributed by atoms with van der Waals surface area (Å²) in [5.74, 6) is -0.106. The van der Waals surface area contributed by atoms with E-state index in [1.165, 1.54) is 4.90 Å². The first-order valence-electron chi connectivity index (χ1n) is 5.97. The van der Waals surface area contributed by atoms with Crippen molar-refractivity contribution < 1.29 is 19.0 Å². The third kappa shape index (κ3) is 10.0. The summed E-state index contributed by atoms with van der Waals surface area (Å²) < 4.78 is 15.3. The Morgan fingerprint density at radius 2 is 1.94 bits per heavy atom. The summed E-state index contributed by atoms with van der Waals surface area (Å²) in [5, 5.41) is 8.39. The van der Waals surface area contributed by atoms with Gasteiger partial charge in [-0.15, -0.1) is 0 Å². The number of rotatable bonds is 11. The lowest BCUT2D eigenvalue weighted by atomic mass is 10.4. The van der Waals surface area contributed by atoms with Crippen LogP contribution in [-0.4, -0.2) is 64.5 Å². The lowest BCUT2D eigenvalue weighted by Crippen LogP contribution is -2.31. The van der Waals surface area contributed by atoms with E-state index in [9.17, 15) is 4.79 Å². The number of hydrogen-bond donors (Lipinski definition) is 0. The van der Waals surface area contributed by atoms with Crippen molar-refractivity contribution in [2.24, 2.45) is 0 Å². The van der Waals surface area contributed by atoms with Crippen LogP contribution in [0.3, 0.4) is 0 Å². The van der Waals surface area contributed by atoms with Gasteiger partial charge >= 0.3 is 0 Å². The Balaban J connectivity index is 3.32. The maximum atomic E-state index is 11.5. The van der Waals surface area contributed by atoms with Gasteiger partial charge in [-0.2, -0.15) is 5.26 Å². The molecule has 0 bridgehead atoms. The number of nitriles is 1. The first kappa shape index (κ1) is 16.8. The summed E-state index contributed by atoms with van der Waals surface area (Å²) >= 11 is 0. The molecule has 6 heteroatoms. The minimum absolute atomic E-state index is 0.0556. The highest BCUT2D eigenvalue weighted by atomic mass is 16.5. The van der Waals surface area contributed by atoms with E-state index in [2.05, 4.69) is 0 Å². The lowest BCUT2D eigenvalue weighted by Gasteiger charge is -2.15. The van der Waals surface area contributed by atoms with E-state index in [0.29, 0.717) is 39.4 Å². The summed E-state index contributed by atoms with van der Waals surface area (Å²) in [6, 6.07) is 1.99. The highest BCUT2D eigenvalue weighted by Crippen LogP contribution is 1.91. The predicted molar refractivity (Wildman–Crippen MR) is 66.0 cm³/mol. The van der Waals surface area contributed by atoms with Crippen molar-refractivity contribution in [1.82, 2.24) is 4.90 Å². The summed E-state index contributed by atoms with van der Waals surface area (Å²) in [4.78, 5) is 13.0. The monoisotopic (exact) mass is 258 g/mol. The van der Waals surface area contributed by atoms with Crippen molar-refractivity contribution in [3.05, 3.63) is 0 Å². The fraction of sp³-hybridized carbons (Fsp3) is 0.833. The molecule has 0 saturated carbocycles. The van der Waals surface area contributed by atoms with E-state index in [-0.39, 0.29) is 12.5 Å². The molecule has 0 aromatic heterocycles. The standard InChI is InChI=1S/C12H22N2O4/c1-14(6-3-5-13)12(15)11-18-8-4-7-17-10-9-16-2/h3-4,6-11H2,1-2H3. The van der Waals surface area contributed by atoms with Crippen LogP contribution >= 0.6 is 0 Å².